The zero-order valence-electron chi connectivity index (χ0n) is 26.2. The molecular formula is C36H36BrN5O2Si. The third-order valence-electron chi connectivity index (χ3n) is 9.06. The van der Waals surface area contributed by atoms with E-state index >= 15 is 0 Å². The first kappa shape index (κ1) is 29.6. The summed E-state index contributed by atoms with van der Waals surface area (Å²) >= 11 is 3.59. The quantitative estimate of drug-likeness (QED) is 0.199. The molecule has 0 aliphatic carbocycles. The van der Waals surface area contributed by atoms with Crippen molar-refractivity contribution in [2.24, 2.45) is 7.05 Å². The molecule has 7 rings (SSSR count). The van der Waals surface area contributed by atoms with Gasteiger partial charge < -0.3 is 9.33 Å². The minimum atomic E-state index is -2.63. The van der Waals surface area contributed by atoms with Crippen LogP contribution in [0, 0.1) is 6.92 Å². The maximum atomic E-state index is 13.6. The molecular weight excluding hydrogens is 642 g/mol. The van der Waals surface area contributed by atoms with Crippen molar-refractivity contribution in [2.45, 2.75) is 38.8 Å². The van der Waals surface area contributed by atoms with Crippen LogP contribution in [0.4, 0.5) is 5.82 Å². The molecule has 0 amide bonds. The number of hydrogen-bond donors (Lipinski definition) is 0. The largest absolute Gasteiger partial charge is 0.401 e. The first-order valence-corrected chi connectivity index (χ1v) is 18.0. The highest BCUT2D eigenvalue weighted by molar-refractivity contribution is 9.10. The van der Waals surface area contributed by atoms with Crippen LogP contribution in [-0.4, -0.2) is 46.6 Å². The summed E-state index contributed by atoms with van der Waals surface area (Å²) in [6.07, 6.45) is 1.85. The van der Waals surface area contributed by atoms with Gasteiger partial charge in [0, 0.05) is 30.0 Å². The molecule has 7 nitrogen and oxygen atoms in total. The molecule has 3 aromatic heterocycles. The highest BCUT2D eigenvalue weighted by Crippen LogP contribution is 2.39. The van der Waals surface area contributed by atoms with Gasteiger partial charge in [0.1, 0.15) is 5.82 Å². The first-order valence-electron chi connectivity index (χ1n) is 15.3. The average molecular weight is 679 g/mol. The number of hydrogen-bond acceptors (Lipinski definition) is 5. The number of rotatable bonds is 6. The predicted octanol–water partition coefficient (Wildman–Crippen LogP) is 6.11. The number of aromatic nitrogens is 4. The zero-order chi connectivity index (χ0) is 31.5. The average Bonchev–Trinajstić information content (AvgIpc) is 3.26. The van der Waals surface area contributed by atoms with Crippen LogP contribution in [0.25, 0.3) is 27.6 Å². The minimum absolute atomic E-state index is 0.0758. The van der Waals surface area contributed by atoms with Gasteiger partial charge in [-0.3, -0.25) is 14.1 Å². The van der Waals surface area contributed by atoms with Gasteiger partial charge in [0.2, 0.25) is 0 Å². The van der Waals surface area contributed by atoms with E-state index in [2.05, 4.69) is 107 Å². The molecule has 45 heavy (non-hydrogen) atoms. The van der Waals surface area contributed by atoms with Gasteiger partial charge in [0.05, 0.1) is 40.2 Å². The van der Waals surface area contributed by atoms with E-state index in [1.165, 1.54) is 10.4 Å². The zero-order valence-corrected chi connectivity index (χ0v) is 28.7. The topological polar surface area (TPSA) is 65.2 Å². The van der Waals surface area contributed by atoms with E-state index in [0.29, 0.717) is 0 Å². The van der Waals surface area contributed by atoms with Crippen LogP contribution in [0.15, 0.2) is 106 Å². The lowest BCUT2D eigenvalue weighted by atomic mass is 10.1. The molecule has 1 saturated heterocycles. The van der Waals surface area contributed by atoms with Crippen LogP contribution in [0.2, 0.25) is 5.04 Å². The SMILES string of the molecule is Cc1nc(N2CC(O[Si](c3ccccc3)(c3ccccc3)C(C)(C)C)C2)ccc1-n1c(=O)n(C)c2cnc3ccc(Br)cc3c21. The van der Waals surface area contributed by atoms with E-state index < -0.39 is 8.32 Å². The van der Waals surface area contributed by atoms with Crippen molar-refractivity contribution in [3.05, 3.63) is 118 Å². The van der Waals surface area contributed by atoms with Crippen molar-refractivity contribution in [1.82, 2.24) is 19.1 Å². The second-order valence-corrected chi connectivity index (χ2v) is 18.1. The Hall–Kier alpha value is -4.05. The molecule has 4 heterocycles. The number of imidazole rings is 1. The number of fused-ring (bicyclic) bond motifs is 3. The summed E-state index contributed by atoms with van der Waals surface area (Å²) < 4.78 is 11.7. The highest BCUT2D eigenvalue weighted by Gasteiger charge is 2.52. The maximum Gasteiger partial charge on any atom is 0.333 e. The summed E-state index contributed by atoms with van der Waals surface area (Å²) in [5, 5.41) is 3.41. The number of anilines is 1. The molecule has 0 radical (unpaired) electrons. The van der Waals surface area contributed by atoms with E-state index in [4.69, 9.17) is 9.41 Å². The summed E-state index contributed by atoms with van der Waals surface area (Å²) in [5.74, 6) is 0.890. The molecule has 0 spiro atoms. The summed E-state index contributed by atoms with van der Waals surface area (Å²) in [6, 6.07) is 31.5. The summed E-state index contributed by atoms with van der Waals surface area (Å²) in [5.41, 5.74) is 3.87. The summed E-state index contributed by atoms with van der Waals surface area (Å²) in [4.78, 5) is 25.5. The van der Waals surface area contributed by atoms with Gasteiger partial charge in [-0.05, 0) is 52.7 Å². The molecule has 228 valence electrons. The van der Waals surface area contributed by atoms with Crippen LogP contribution >= 0.6 is 15.9 Å². The normalized spacial score (nSPS) is 14.3. The standard InChI is InChI=1S/C36H36BrN5O2Si/c1-24-31(42-34-29-20-25(37)16-17-30(29)38-21-32(34)40(5)35(42)43)18-19-33(39-24)41-22-26(23-41)44-45(36(2,3)4,27-12-8-6-9-13-27)28-14-10-7-11-15-28/h6-21,26H,22-23H2,1-5H3. The van der Waals surface area contributed by atoms with E-state index in [0.717, 1.165) is 56.7 Å². The number of nitrogens with zero attached hydrogens (tertiary/aromatic N) is 5. The molecule has 0 unspecified atom stereocenters. The molecule has 0 saturated carbocycles. The van der Waals surface area contributed by atoms with Crippen LogP contribution in [0.3, 0.4) is 0 Å². The smallest absolute Gasteiger partial charge is 0.333 e. The molecule has 1 aliphatic heterocycles. The summed E-state index contributed by atoms with van der Waals surface area (Å²) in [7, 11) is -0.842. The number of halogens is 1. The van der Waals surface area contributed by atoms with Crippen molar-refractivity contribution in [3.63, 3.8) is 0 Å². The lowest BCUT2D eigenvalue weighted by molar-refractivity contribution is 0.154. The maximum absolute atomic E-state index is 13.6. The lowest BCUT2D eigenvalue weighted by Crippen LogP contribution is -2.71. The van der Waals surface area contributed by atoms with Gasteiger partial charge in [-0.25, -0.2) is 9.78 Å². The van der Waals surface area contributed by atoms with Gasteiger partial charge in [-0.15, -0.1) is 0 Å². The third-order valence-corrected chi connectivity index (χ3v) is 14.6. The second-order valence-electron chi connectivity index (χ2n) is 12.9. The van der Waals surface area contributed by atoms with Gasteiger partial charge in [0.25, 0.3) is 8.32 Å². The second kappa shape index (κ2) is 11.1. The Morgan fingerprint density at radius 3 is 2.16 bits per heavy atom. The van der Waals surface area contributed by atoms with E-state index in [1.54, 1.807) is 22.4 Å². The molecule has 6 aromatic rings. The van der Waals surface area contributed by atoms with E-state index in [-0.39, 0.29) is 16.8 Å². The molecule has 9 heteroatoms. The molecule has 0 atom stereocenters. The van der Waals surface area contributed by atoms with Crippen LogP contribution in [0.5, 0.6) is 0 Å². The molecule has 0 N–H and O–H groups in total. The fourth-order valence-electron chi connectivity index (χ4n) is 6.79. The van der Waals surface area contributed by atoms with E-state index in [1.807, 2.05) is 37.3 Å². The summed E-state index contributed by atoms with van der Waals surface area (Å²) in [6.45, 7) is 10.4. The molecule has 1 fully saturated rings. The Kier molecular flexibility index (Phi) is 7.30. The van der Waals surface area contributed by atoms with Gasteiger partial charge >= 0.3 is 5.69 Å². The Bertz CT molecular complexity index is 2060. The van der Waals surface area contributed by atoms with Crippen LogP contribution in [0.1, 0.15) is 26.5 Å². The van der Waals surface area contributed by atoms with Crippen molar-refractivity contribution in [1.29, 1.82) is 0 Å². The van der Waals surface area contributed by atoms with Crippen molar-refractivity contribution in [3.8, 4) is 5.69 Å². The molecule has 1 aliphatic rings. The first-order chi connectivity index (χ1) is 21.6. The highest BCUT2D eigenvalue weighted by atomic mass is 79.9. The fourth-order valence-corrected chi connectivity index (χ4v) is 11.8. The Morgan fingerprint density at radius 2 is 1.56 bits per heavy atom. The Morgan fingerprint density at radius 1 is 0.911 bits per heavy atom. The van der Waals surface area contributed by atoms with Crippen LogP contribution < -0.4 is 21.0 Å². The Balaban J connectivity index is 1.21. The Labute approximate surface area is 272 Å². The van der Waals surface area contributed by atoms with Gasteiger partial charge in [-0.1, -0.05) is 97.4 Å². The number of benzene rings is 3. The van der Waals surface area contributed by atoms with Crippen molar-refractivity contribution in [2.75, 3.05) is 18.0 Å². The lowest BCUT2D eigenvalue weighted by Gasteiger charge is -2.50. The minimum Gasteiger partial charge on any atom is -0.401 e. The van der Waals surface area contributed by atoms with Gasteiger partial charge in [-0.2, -0.15) is 0 Å². The van der Waals surface area contributed by atoms with Gasteiger partial charge in [0.15, 0.2) is 0 Å². The molecule has 3 aromatic carbocycles. The third kappa shape index (κ3) is 4.85. The van der Waals surface area contributed by atoms with Crippen LogP contribution in [-0.2, 0) is 11.5 Å². The van der Waals surface area contributed by atoms with E-state index in [9.17, 15) is 4.79 Å². The van der Waals surface area contributed by atoms with Crippen molar-refractivity contribution >= 4 is 62.4 Å². The number of aryl methyl sites for hydroxylation is 2. The predicted molar refractivity (Wildman–Crippen MR) is 189 cm³/mol. The molecule has 0 bridgehead atoms. The monoisotopic (exact) mass is 677 g/mol. The fraction of sp³-hybridized carbons (Fsp3) is 0.250. The van der Waals surface area contributed by atoms with Crippen molar-refractivity contribution < 1.29 is 4.43 Å². The number of pyridine rings is 2.